The lowest BCUT2D eigenvalue weighted by Gasteiger charge is -2.34. The number of hydrogen-bond donors (Lipinski definition) is 2. The molecule has 0 saturated carbocycles. The highest BCUT2D eigenvalue weighted by Crippen LogP contribution is 2.28. The van der Waals surface area contributed by atoms with Crippen LogP contribution in [0.25, 0.3) is 11.0 Å². The number of carbonyl (C=O) groups excluding carboxylic acids is 1. The molecule has 32 heavy (non-hydrogen) atoms. The highest BCUT2D eigenvalue weighted by molar-refractivity contribution is 7.89. The zero-order valence-corrected chi connectivity index (χ0v) is 19.6. The van der Waals surface area contributed by atoms with Crippen LogP contribution in [0.3, 0.4) is 0 Å². The van der Waals surface area contributed by atoms with Crippen LogP contribution in [0.1, 0.15) is 43.0 Å². The van der Waals surface area contributed by atoms with Gasteiger partial charge in [0.1, 0.15) is 10.7 Å². The predicted molar refractivity (Wildman–Crippen MR) is 122 cm³/mol. The number of aromatic amines is 1. The number of fused-ring (bicyclic) bond motifs is 1. The molecule has 2 heterocycles. The number of aromatic nitrogens is 2. The van der Waals surface area contributed by atoms with Crippen LogP contribution in [0.4, 0.5) is 0 Å². The Balaban J connectivity index is 1.56. The zero-order valence-electron chi connectivity index (χ0n) is 18.0. The molecule has 8 nitrogen and oxygen atoms in total. The second-order valence-electron chi connectivity index (χ2n) is 8.06. The number of nitrogens with one attached hydrogen (secondary N) is 2. The Morgan fingerprint density at radius 1 is 1.22 bits per heavy atom. The third-order valence-corrected chi connectivity index (χ3v) is 7.68. The van der Waals surface area contributed by atoms with Crippen LogP contribution in [0.5, 0.6) is 0 Å². The van der Waals surface area contributed by atoms with Crippen molar-refractivity contribution in [3.05, 3.63) is 58.9 Å². The quantitative estimate of drug-likeness (QED) is 0.586. The van der Waals surface area contributed by atoms with Crippen LogP contribution in [-0.2, 0) is 14.8 Å². The second-order valence-corrected chi connectivity index (χ2v) is 10.4. The largest absolute Gasteiger partial charge is 0.373 e. The van der Waals surface area contributed by atoms with E-state index in [1.165, 1.54) is 22.5 Å². The van der Waals surface area contributed by atoms with E-state index in [9.17, 15) is 13.2 Å². The minimum atomic E-state index is -3.89. The Hall–Kier alpha value is -2.46. The number of sulfonamides is 1. The Morgan fingerprint density at radius 3 is 2.59 bits per heavy atom. The van der Waals surface area contributed by atoms with E-state index in [2.05, 4.69) is 15.3 Å². The molecule has 1 saturated heterocycles. The van der Waals surface area contributed by atoms with Crippen LogP contribution in [-0.4, -0.2) is 53.9 Å². The highest BCUT2D eigenvalue weighted by Gasteiger charge is 2.34. The molecule has 2 N–H and O–H groups in total. The van der Waals surface area contributed by atoms with E-state index in [4.69, 9.17) is 16.3 Å². The molecule has 1 aliphatic rings. The average Bonchev–Trinajstić information content (AvgIpc) is 3.17. The summed E-state index contributed by atoms with van der Waals surface area (Å²) in [6.07, 6.45) is -0.466. The van der Waals surface area contributed by atoms with Gasteiger partial charge in [0.05, 0.1) is 34.3 Å². The Morgan fingerprint density at radius 2 is 1.91 bits per heavy atom. The first-order valence-electron chi connectivity index (χ1n) is 10.4. The maximum atomic E-state index is 13.3. The summed E-state index contributed by atoms with van der Waals surface area (Å²) >= 11 is 6.24. The molecule has 0 aliphatic carbocycles. The molecule has 170 valence electrons. The van der Waals surface area contributed by atoms with Gasteiger partial charge in [-0.25, -0.2) is 13.4 Å². The molecular formula is C22H25ClN4O4S. The zero-order chi connectivity index (χ0) is 23.0. The van der Waals surface area contributed by atoms with Crippen molar-refractivity contribution in [1.29, 1.82) is 0 Å². The summed E-state index contributed by atoms with van der Waals surface area (Å²) in [5.74, 6) is 0.187. The monoisotopic (exact) mass is 476 g/mol. The Kier molecular flexibility index (Phi) is 6.26. The molecule has 3 aromatic rings. The molecule has 3 unspecified atom stereocenters. The summed E-state index contributed by atoms with van der Waals surface area (Å²) in [7, 11) is -3.89. The third kappa shape index (κ3) is 4.52. The van der Waals surface area contributed by atoms with Crippen molar-refractivity contribution in [2.24, 2.45) is 0 Å². The minimum Gasteiger partial charge on any atom is -0.373 e. The van der Waals surface area contributed by atoms with Crippen molar-refractivity contribution < 1.29 is 17.9 Å². The van der Waals surface area contributed by atoms with Crippen LogP contribution in [0.15, 0.2) is 47.4 Å². The summed E-state index contributed by atoms with van der Waals surface area (Å²) < 4.78 is 33.5. The number of imidazole rings is 1. The van der Waals surface area contributed by atoms with Gasteiger partial charge in [-0.2, -0.15) is 4.31 Å². The first-order valence-corrected chi connectivity index (χ1v) is 12.2. The van der Waals surface area contributed by atoms with Gasteiger partial charge in [-0.3, -0.25) is 4.79 Å². The van der Waals surface area contributed by atoms with Gasteiger partial charge < -0.3 is 15.0 Å². The molecule has 1 aromatic heterocycles. The molecule has 1 aliphatic heterocycles. The number of ether oxygens (including phenoxy) is 1. The number of benzene rings is 2. The lowest BCUT2D eigenvalue weighted by Crippen LogP contribution is -2.48. The molecule has 2 aromatic carbocycles. The maximum absolute atomic E-state index is 13.3. The fraction of sp³-hybridized carbons (Fsp3) is 0.364. The van der Waals surface area contributed by atoms with E-state index in [1.807, 2.05) is 38.1 Å². The summed E-state index contributed by atoms with van der Waals surface area (Å²) in [5.41, 5.74) is 1.88. The summed E-state index contributed by atoms with van der Waals surface area (Å²) in [6.45, 7) is 5.90. The summed E-state index contributed by atoms with van der Waals surface area (Å²) in [6, 6.07) is 11.4. The summed E-state index contributed by atoms with van der Waals surface area (Å²) in [4.78, 5) is 20.5. The van der Waals surface area contributed by atoms with Crippen molar-refractivity contribution in [1.82, 2.24) is 19.6 Å². The van der Waals surface area contributed by atoms with E-state index in [0.29, 0.717) is 5.82 Å². The van der Waals surface area contributed by atoms with Crippen molar-refractivity contribution in [2.75, 3.05) is 13.1 Å². The van der Waals surface area contributed by atoms with Crippen molar-refractivity contribution >= 4 is 38.6 Å². The number of nitrogens with zero attached hydrogens (tertiary/aromatic N) is 2. The molecule has 1 fully saturated rings. The fourth-order valence-electron chi connectivity index (χ4n) is 3.83. The van der Waals surface area contributed by atoms with Crippen molar-refractivity contribution in [2.45, 2.75) is 43.9 Å². The van der Waals surface area contributed by atoms with E-state index < -0.39 is 22.0 Å². The minimum absolute atomic E-state index is 0.0682. The van der Waals surface area contributed by atoms with E-state index in [0.717, 1.165) is 11.0 Å². The predicted octanol–water partition coefficient (Wildman–Crippen LogP) is 3.51. The molecule has 3 atom stereocenters. The highest BCUT2D eigenvalue weighted by atomic mass is 35.5. The Labute approximate surface area is 192 Å². The van der Waals surface area contributed by atoms with Gasteiger partial charge in [0.15, 0.2) is 0 Å². The number of H-pyrrole nitrogens is 1. The Bertz CT molecular complexity index is 1220. The van der Waals surface area contributed by atoms with E-state index in [1.54, 1.807) is 6.92 Å². The number of halogens is 1. The van der Waals surface area contributed by atoms with E-state index >= 15 is 0 Å². The SMILES string of the molecule is CC1CN(S(=O)(=O)c2cc(C(=O)NC(C)c3nc4ccccc4[nH]3)ccc2Cl)CC(C)O1. The van der Waals surface area contributed by atoms with Gasteiger partial charge in [0, 0.05) is 18.7 Å². The number of amides is 1. The number of hydrogen-bond acceptors (Lipinski definition) is 5. The van der Waals surface area contributed by atoms with E-state index in [-0.39, 0.29) is 40.8 Å². The third-order valence-electron chi connectivity index (χ3n) is 5.36. The number of carbonyl (C=O) groups is 1. The molecule has 0 bridgehead atoms. The lowest BCUT2D eigenvalue weighted by atomic mass is 10.2. The average molecular weight is 477 g/mol. The number of para-hydroxylation sites is 2. The van der Waals surface area contributed by atoms with Gasteiger partial charge in [-0.1, -0.05) is 23.7 Å². The summed E-state index contributed by atoms with van der Waals surface area (Å²) in [5, 5.41) is 2.93. The first-order chi connectivity index (χ1) is 15.1. The number of rotatable bonds is 5. The molecule has 0 spiro atoms. The fourth-order valence-corrected chi connectivity index (χ4v) is 5.93. The van der Waals surface area contributed by atoms with Gasteiger partial charge in [0.2, 0.25) is 10.0 Å². The maximum Gasteiger partial charge on any atom is 0.251 e. The standard InChI is InChI=1S/C22H25ClN4O4S/c1-13-11-27(12-14(2)31-13)32(29,30)20-10-16(8-9-17(20)23)22(28)24-15(3)21-25-18-6-4-5-7-19(18)26-21/h4-10,13-15H,11-12H2,1-3H3,(H,24,28)(H,25,26). The van der Waals surface area contributed by atoms with Gasteiger partial charge in [-0.15, -0.1) is 0 Å². The van der Waals surface area contributed by atoms with Crippen LogP contribution in [0, 0.1) is 0 Å². The smallest absolute Gasteiger partial charge is 0.251 e. The van der Waals surface area contributed by atoms with Gasteiger partial charge in [-0.05, 0) is 51.1 Å². The molecule has 1 amide bonds. The van der Waals surface area contributed by atoms with Crippen molar-refractivity contribution in [3.63, 3.8) is 0 Å². The van der Waals surface area contributed by atoms with Crippen LogP contribution >= 0.6 is 11.6 Å². The van der Waals surface area contributed by atoms with Gasteiger partial charge in [0.25, 0.3) is 5.91 Å². The second kappa shape index (κ2) is 8.82. The molecule has 0 radical (unpaired) electrons. The van der Waals surface area contributed by atoms with Crippen LogP contribution in [0.2, 0.25) is 5.02 Å². The lowest BCUT2D eigenvalue weighted by molar-refractivity contribution is -0.0440. The molecular weight excluding hydrogens is 452 g/mol. The molecule has 4 rings (SSSR count). The van der Waals surface area contributed by atoms with Crippen LogP contribution < -0.4 is 5.32 Å². The first kappa shape index (κ1) is 22.7. The topological polar surface area (TPSA) is 104 Å². The number of morpholine rings is 1. The molecule has 10 heteroatoms. The van der Waals surface area contributed by atoms with Gasteiger partial charge >= 0.3 is 0 Å². The van der Waals surface area contributed by atoms with Crippen molar-refractivity contribution in [3.8, 4) is 0 Å². The normalized spacial score (nSPS) is 20.9.